The maximum Gasteiger partial charge on any atom is 0.266 e. The van der Waals surface area contributed by atoms with Crippen LogP contribution in [0.25, 0.3) is 0 Å². The van der Waals surface area contributed by atoms with Crippen LogP contribution >= 0.6 is 0 Å². The Morgan fingerprint density at radius 3 is 0.926 bits per heavy atom. The second-order valence-corrected chi connectivity index (χ2v) is 18.6. The average Bonchev–Trinajstić information content (AvgIpc) is 3.14. The minimum atomic E-state index is -4.31. The van der Waals surface area contributed by atoms with E-state index in [9.17, 15) is 22.9 Å². The van der Waals surface area contributed by atoms with Crippen molar-refractivity contribution in [1.82, 2.24) is 5.32 Å². The van der Waals surface area contributed by atoms with Crippen molar-refractivity contribution in [2.24, 2.45) is 0 Å². The molecule has 0 aliphatic heterocycles. The lowest BCUT2D eigenvalue weighted by Crippen LogP contribution is -2.47. The molecule has 0 aliphatic rings. The van der Waals surface area contributed by atoms with Gasteiger partial charge in [-0.3, -0.25) is 9.35 Å². The standard InChI is InChI=1S/C47H95NO5S/c1-3-5-7-9-11-13-15-17-19-21-23-24-25-26-28-30-32-34-36-38-40-42-46(49)45(44-54(51,52)53)48-47(50)43-41-39-37-35-33-31-29-27-22-20-18-16-14-12-10-8-6-4-2/h45-46,49H,3-44H2,1-2H3,(H,48,50)(H,51,52,53). The summed E-state index contributed by atoms with van der Waals surface area (Å²) in [5.74, 6) is -0.879. The van der Waals surface area contributed by atoms with Gasteiger partial charge in [0.2, 0.25) is 5.91 Å². The minimum Gasteiger partial charge on any atom is -0.391 e. The molecule has 324 valence electrons. The average molecular weight is 786 g/mol. The van der Waals surface area contributed by atoms with Gasteiger partial charge in [0, 0.05) is 6.42 Å². The van der Waals surface area contributed by atoms with Gasteiger partial charge in [-0.05, 0) is 12.8 Å². The molecule has 0 aromatic rings. The summed E-state index contributed by atoms with van der Waals surface area (Å²) < 4.78 is 32.7. The van der Waals surface area contributed by atoms with Crippen molar-refractivity contribution >= 4 is 16.0 Å². The lowest BCUT2D eigenvalue weighted by Gasteiger charge is -2.23. The van der Waals surface area contributed by atoms with Crippen LogP contribution in [0, 0.1) is 0 Å². The zero-order valence-corrected chi connectivity index (χ0v) is 37.2. The van der Waals surface area contributed by atoms with Crippen molar-refractivity contribution in [1.29, 1.82) is 0 Å². The highest BCUT2D eigenvalue weighted by atomic mass is 32.2. The number of hydrogen-bond acceptors (Lipinski definition) is 4. The fourth-order valence-electron chi connectivity index (χ4n) is 7.93. The molecular weight excluding hydrogens is 691 g/mol. The van der Waals surface area contributed by atoms with Crippen molar-refractivity contribution in [2.75, 3.05) is 5.75 Å². The fraction of sp³-hybridized carbons (Fsp3) is 0.979. The first-order chi connectivity index (χ1) is 26.3. The highest BCUT2D eigenvalue weighted by Gasteiger charge is 2.26. The highest BCUT2D eigenvalue weighted by molar-refractivity contribution is 7.85. The molecule has 0 bridgehead atoms. The molecule has 2 unspecified atom stereocenters. The lowest BCUT2D eigenvalue weighted by molar-refractivity contribution is -0.122. The summed E-state index contributed by atoms with van der Waals surface area (Å²) in [5.41, 5.74) is 0. The SMILES string of the molecule is CCCCCCCCCCCCCCCCCCCCCCCC(O)C(CS(=O)(=O)O)NC(=O)CCCCCCCCCCCCCCCCCCCC. The van der Waals surface area contributed by atoms with Crippen molar-refractivity contribution in [2.45, 2.75) is 289 Å². The maximum atomic E-state index is 12.6. The molecule has 0 rings (SSSR count). The summed E-state index contributed by atoms with van der Waals surface area (Å²) in [6.45, 7) is 4.56. The Morgan fingerprint density at radius 1 is 0.426 bits per heavy atom. The molecule has 0 aromatic carbocycles. The molecule has 0 saturated carbocycles. The number of aliphatic hydroxyl groups excluding tert-OH is 1. The molecular formula is C47H95NO5S. The summed E-state index contributed by atoms with van der Waals surface area (Å²) in [5, 5.41) is 13.4. The van der Waals surface area contributed by atoms with Crippen LogP contribution in [0.1, 0.15) is 277 Å². The van der Waals surface area contributed by atoms with Gasteiger partial charge in [-0.2, -0.15) is 8.42 Å². The molecule has 1 amide bonds. The normalized spacial score (nSPS) is 13.0. The van der Waals surface area contributed by atoms with Crippen LogP contribution in [0.15, 0.2) is 0 Å². The molecule has 7 heteroatoms. The quantitative estimate of drug-likeness (QED) is 0.0421. The predicted molar refractivity (Wildman–Crippen MR) is 235 cm³/mol. The zero-order chi connectivity index (χ0) is 39.6. The van der Waals surface area contributed by atoms with Crippen LogP contribution < -0.4 is 5.32 Å². The Bertz CT molecular complexity index is 866. The maximum absolute atomic E-state index is 12.6. The van der Waals surface area contributed by atoms with Crippen LogP contribution in [0.5, 0.6) is 0 Å². The van der Waals surface area contributed by atoms with E-state index in [0.717, 1.165) is 38.5 Å². The second-order valence-electron chi connectivity index (χ2n) is 17.1. The summed E-state index contributed by atoms with van der Waals surface area (Å²) in [7, 11) is -4.31. The third-order valence-electron chi connectivity index (χ3n) is 11.6. The number of nitrogens with one attached hydrogen (secondary N) is 1. The molecule has 0 fully saturated rings. The highest BCUT2D eigenvalue weighted by Crippen LogP contribution is 2.18. The smallest absolute Gasteiger partial charge is 0.266 e. The van der Waals surface area contributed by atoms with E-state index in [-0.39, 0.29) is 5.91 Å². The third kappa shape index (κ3) is 42.5. The van der Waals surface area contributed by atoms with Gasteiger partial charge in [-0.15, -0.1) is 0 Å². The Labute approximate surface area is 338 Å². The summed E-state index contributed by atoms with van der Waals surface area (Å²) in [6, 6.07) is -0.965. The number of aliphatic hydroxyl groups is 1. The van der Waals surface area contributed by atoms with Crippen LogP contribution in [-0.4, -0.2) is 41.9 Å². The van der Waals surface area contributed by atoms with Crippen LogP contribution in [0.4, 0.5) is 0 Å². The number of carbonyl (C=O) groups is 1. The van der Waals surface area contributed by atoms with Gasteiger partial charge in [0.25, 0.3) is 10.1 Å². The van der Waals surface area contributed by atoms with E-state index in [1.807, 2.05) is 0 Å². The van der Waals surface area contributed by atoms with E-state index in [4.69, 9.17) is 0 Å². The number of rotatable bonds is 45. The van der Waals surface area contributed by atoms with E-state index in [1.165, 1.54) is 212 Å². The number of amides is 1. The number of hydrogen-bond donors (Lipinski definition) is 3. The van der Waals surface area contributed by atoms with Crippen molar-refractivity contribution in [3.8, 4) is 0 Å². The van der Waals surface area contributed by atoms with Crippen molar-refractivity contribution in [3.63, 3.8) is 0 Å². The summed E-state index contributed by atoms with van der Waals surface area (Å²) in [4.78, 5) is 12.6. The minimum absolute atomic E-state index is 0.238. The molecule has 0 saturated heterocycles. The Hall–Kier alpha value is -0.660. The second kappa shape index (κ2) is 42.0. The van der Waals surface area contributed by atoms with E-state index >= 15 is 0 Å². The molecule has 2 atom stereocenters. The summed E-state index contributed by atoms with van der Waals surface area (Å²) in [6.07, 6.45) is 50.6. The van der Waals surface area contributed by atoms with Gasteiger partial charge in [0.05, 0.1) is 17.9 Å². The van der Waals surface area contributed by atoms with Gasteiger partial charge in [-0.1, -0.05) is 258 Å². The molecule has 0 aromatic heterocycles. The van der Waals surface area contributed by atoms with Gasteiger partial charge in [0.1, 0.15) is 0 Å². The largest absolute Gasteiger partial charge is 0.391 e. The topological polar surface area (TPSA) is 104 Å². The Morgan fingerprint density at radius 2 is 0.667 bits per heavy atom. The van der Waals surface area contributed by atoms with E-state index < -0.39 is 28.0 Å². The van der Waals surface area contributed by atoms with Gasteiger partial charge >= 0.3 is 0 Å². The Balaban J connectivity index is 3.73. The number of unbranched alkanes of at least 4 members (excludes halogenated alkanes) is 37. The lowest BCUT2D eigenvalue weighted by atomic mass is 10.0. The zero-order valence-electron chi connectivity index (χ0n) is 36.4. The molecule has 0 radical (unpaired) electrons. The first-order valence-electron chi connectivity index (χ1n) is 24.2. The molecule has 6 nitrogen and oxygen atoms in total. The van der Waals surface area contributed by atoms with E-state index in [2.05, 4.69) is 19.2 Å². The predicted octanol–water partition coefficient (Wildman–Crippen LogP) is 14.8. The Kier molecular flexibility index (Phi) is 41.4. The molecule has 54 heavy (non-hydrogen) atoms. The van der Waals surface area contributed by atoms with Gasteiger partial charge in [0.15, 0.2) is 0 Å². The molecule has 3 N–H and O–H groups in total. The monoisotopic (exact) mass is 786 g/mol. The third-order valence-corrected chi connectivity index (χ3v) is 12.3. The van der Waals surface area contributed by atoms with Crippen LogP contribution in [-0.2, 0) is 14.9 Å². The van der Waals surface area contributed by atoms with Crippen LogP contribution in [0.2, 0.25) is 0 Å². The van der Waals surface area contributed by atoms with Crippen molar-refractivity contribution in [3.05, 3.63) is 0 Å². The van der Waals surface area contributed by atoms with Gasteiger partial charge < -0.3 is 10.4 Å². The van der Waals surface area contributed by atoms with Crippen molar-refractivity contribution < 1.29 is 22.9 Å². The molecule has 0 aliphatic carbocycles. The first kappa shape index (κ1) is 53.3. The molecule has 0 heterocycles. The first-order valence-corrected chi connectivity index (χ1v) is 25.8. The summed E-state index contributed by atoms with van der Waals surface area (Å²) >= 11 is 0. The molecule has 0 spiro atoms. The van der Waals surface area contributed by atoms with E-state index in [0.29, 0.717) is 12.8 Å². The number of carbonyl (C=O) groups excluding carboxylic acids is 1. The van der Waals surface area contributed by atoms with E-state index in [1.54, 1.807) is 0 Å². The fourth-order valence-corrected chi connectivity index (χ4v) is 8.69. The van der Waals surface area contributed by atoms with Crippen LogP contribution in [0.3, 0.4) is 0 Å². The van der Waals surface area contributed by atoms with Gasteiger partial charge in [-0.25, -0.2) is 0 Å².